The molecule has 0 radical (unpaired) electrons. The normalized spacial score (nSPS) is 11.3. The van der Waals surface area contributed by atoms with Gasteiger partial charge in [-0.25, -0.2) is 4.98 Å². The monoisotopic (exact) mass is 642 g/mol. The van der Waals surface area contributed by atoms with Crippen molar-refractivity contribution in [3.05, 3.63) is 163 Å². The minimum absolute atomic E-state index is 0.392. The summed E-state index contributed by atoms with van der Waals surface area (Å²) in [4.78, 5) is 14.6. The Morgan fingerprint density at radius 1 is 0.592 bits per heavy atom. The Hall–Kier alpha value is -5.88. The van der Waals surface area contributed by atoms with Crippen LogP contribution in [0.25, 0.3) is 22.6 Å². The van der Waals surface area contributed by atoms with Crippen molar-refractivity contribution in [2.24, 2.45) is 0 Å². The van der Waals surface area contributed by atoms with E-state index in [4.69, 9.17) is 9.97 Å². The molecular weight excluding hydrogens is 601 g/mol. The van der Waals surface area contributed by atoms with Crippen molar-refractivity contribution in [2.45, 2.75) is 39.5 Å². The zero-order valence-corrected chi connectivity index (χ0v) is 28.8. The van der Waals surface area contributed by atoms with Gasteiger partial charge >= 0.3 is 0 Å². The van der Waals surface area contributed by atoms with Crippen LogP contribution in [0.3, 0.4) is 0 Å². The number of rotatable bonds is 10. The highest BCUT2D eigenvalue weighted by Crippen LogP contribution is 2.39. The first-order valence-corrected chi connectivity index (χ1v) is 17.0. The van der Waals surface area contributed by atoms with Crippen LogP contribution in [0, 0.1) is 0 Å². The fourth-order valence-electron chi connectivity index (χ4n) is 6.45. The van der Waals surface area contributed by atoms with Crippen molar-refractivity contribution in [3.63, 3.8) is 0 Å². The van der Waals surface area contributed by atoms with Gasteiger partial charge in [0, 0.05) is 41.6 Å². The van der Waals surface area contributed by atoms with Gasteiger partial charge in [-0.3, -0.25) is 9.47 Å². The maximum absolute atomic E-state index is 5.31. The van der Waals surface area contributed by atoms with E-state index in [9.17, 15) is 0 Å². The smallest absolute Gasteiger partial charge is 0.216 e. The standard InChI is InChI=1S/C43H42N6/c1-31(2)38-25-16-26-39(32(3)4)42(38)47-28-40(44-30-47)33-17-15-24-37(27-33)49(36-22-13-8-14-23-36)41-29-48(35-20-11-7-12-21-35)43(45-41)46(5)34-18-9-6-10-19-34/h6-32H,1-5H3. The van der Waals surface area contributed by atoms with Crippen molar-refractivity contribution in [1.29, 1.82) is 0 Å². The first-order chi connectivity index (χ1) is 23.9. The molecule has 0 aliphatic carbocycles. The lowest BCUT2D eigenvalue weighted by atomic mass is 9.92. The molecule has 0 saturated carbocycles. The van der Waals surface area contributed by atoms with Crippen LogP contribution in [-0.2, 0) is 0 Å². The molecule has 244 valence electrons. The van der Waals surface area contributed by atoms with Crippen molar-refractivity contribution < 1.29 is 0 Å². The summed E-state index contributed by atoms with van der Waals surface area (Å²) in [5.41, 5.74) is 9.94. The van der Waals surface area contributed by atoms with Gasteiger partial charge in [0.1, 0.15) is 0 Å². The molecule has 49 heavy (non-hydrogen) atoms. The Kier molecular flexibility index (Phi) is 8.86. The number of nitrogens with zero attached hydrogens (tertiary/aromatic N) is 6. The Morgan fingerprint density at radius 2 is 1.16 bits per heavy atom. The summed E-state index contributed by atoms with van der Waals surface area (Å²) >= 11 is 0. The summed E-state index contributed by atoms with van der Waals surface area (Å²) in [6.45, 7) is 9.02. The molecule has 0 saturated heterocycles. The van der Waals surface area contributed by atoms with Crippen molar-refractivity contribution in [2.75, 3.05) is 16.8 Å². The molecule has 2 aromatic heterocycles. The summed E-state index contributed by atoms with van der Waals surface area (Å²) in [7, 11) is 2.06. The Bertz CT molecular complexity index is 2120. The summed E-state index contributed by atoms with van der Waals surface area (Å²) in [5, 5.41) is 0. The molecule has 0 amide bonds. The third-order valence-corrected chi connectivity index (χ3v) is 8.98. The fraction of sp³-hybridized carbons (Fsp3) is 0.163. The highest BCUT2D eigenvalue weighted by atomic mass is 15.3. The third kappa shape index (κ3) is 6.38. The molecular formula is C43H42N6. The molecule has 5 aromatic carbocycles. The predicted octanol–water partition coefficient (Wildman–Crippen LogP) is 11.2. The lowest BCUT2D eigenvalue weighted by molar-refractivity contribution is 0.805. The van der Waals surface area contributed by atoms with Gasteiger partial charge in [-0.05, 0) is 71.5 Å². The zero-order chi connectivity index (χ0) is 33.9. The summed E-state index contributed by atoms with van der Waals surface area (Å²) in [5.74, 6) is 2.41. The van der Waals surface area contributed by atoms with E-state index in [-0.39, 0.29) is 0 Å². The van der Waals surface area contributed by atoms with Crippen LogP contribution in [0.4, 0.5) is 28.8 Å². The number of para-hydroxylation sites is 4. The van der Waals surface area contributed by atoms with Gasteiger partial charge in [0.05, 0.1) is 23.9 Å². The van der Waals surface area contributed by atoms with Crippen LogP contribution in [0.1, 0.15) is 50.7 Å². The zero-order valence-electron chi connectivity index (χ0n) is 28.8. The molecule has 7 rings (SSSR count). The topological polar surface area (TPSA) is 42.1 Å². The van der Waals surface area contributed by atoms with E-state index in [0.717, 1.165) is 45.8 Å². The van der Waals surface area contributed by atoms with Crippen LogP contribution >= 0.6 is 0 Å². The Labute approximate surface area is 289 Å². The molecule has 0 fully saturated rings. The van der Waals surface area contributed by atoms with Crippen molar-refractivity contribution >= 4 is 28.8 Å². The largest absolute Gasteiger partial charge is 0.315 e. The van der Waals surface area contributed by atoms with Crippen LogP contribution in [-0.4, -0.2) is 26.1 Å². The van der Waals surface area contributed by atoms with E-state index in [1.807, 2.05) is 24.5 Å². The molecule has 0 aliphatic heterocycles. The highest BCUT2D eigenvalue weighted by molar-refractivity contribution is 5.79. The molecule has 0 atom stereocenters. The average molecular weight is 643 g/mol. The average Bonchev–Trinajstić information content (AvgIpc) is 3.81. The van der Waals surface area contributed by atoms with Gasteiger partial charge in [0.25, 0.3) is 0 Å². The number of benzene rings is 5. The molecule has 0 aliphatic rings. The minimum atomic E-state index is 0.392. The second-order valence-corrected chi connectivity index (χ2v) is 13.0. The summed E-state index contributed by atoms with van der Waals surface area (Å²) in [6, 6.07) is 46.4. The number of hydrogen-bond acceptors (Lipinski definition) is 4. The number of aromatic nitrogens is 4. The van der Waals surface area contributed by atoms with E-state index in [0.29, 0.717) is 11.8 Å². The van der Waals surface area contributed by atoms with Gasteiger partial charge < -0.3 is 9.47 Å². The fourth-order valence-corrected chi connectivity index (χ4v) is 6.45. The summed E-state index contributed by atoms with van der Waals surface area (Å²) < 4.78 is 4.36. The maximum atomic E-state index is 5.31. The molecule has 0 bridgehead atoms. The maximum Gasteiger partial charge on any atom is 0.216 e. The Balaban J connectivity index is 1.34. The predicted molar refractivity (Wildman–Crippen MR) is 203 cm³/mol. The second-order valence-electron chi connectivity index (χ2n) is 13.0. The third-order valence-electron chi connectivity index (χ3n) is 8.98. The molecule has 6 nitrogen and oxygen atoms in total. The van der Waals surface area contributed by atoms with Gasteiger partial charge in [-0.1, -0.05) is 113 Å². The second kappa shape index (κ2) is 13.7. The first kappa shape index (κ1) is 31.7. The van der Waals surface area contributed by atoms with Crippen LogP contribution in [0.5, 0.6) is 0 Å². The number of anilines is 5. The molecule has 7 aromatic rings. The lowest BCUT2D eigenvalue weighted by Crippen LogP contribution is -2.15. The lowest BCUT2D eigenvalue weighted by Gasteiger charge is -2.23. The van der Waals surface area contributed by atoms with Crippen LogP contribution in [0.15, 0.2) is 152 Å². The molecule has 0 spiro atoms. The van der Waals surface area contributed by atoms with Gasteiger partial charge in [-0.15, -0.1) is 0 Å². The van der Waals surface area contributed by atoms with Gasteiger partial charge in [-0.2, -0.15) is 4.98 Å². The molecule has 6 heteroatoms. The number of hydrogen-bond donors (Lipinski definition) is 0. The van der Waals surface area contributed by atoms with E-state index in [1.165, 1.54) is 16.8 Å². The van der Waals surface area contributed by atoms with E-state index >= 15 is 0 Å². The molecule has 2 heterocycles. The highest BCUT2D eigenvalue weighted by Gasteiger charge is 2.22. The van der Waals surface area contributed by atoms with Crippen LogP contribution < -0.4 is 9.80 Å². The number of imidazole rings is 2. The first-order valence-electron chi connectivity index (χ1n) is 17.0. The van der Waals surface area contributed by atoms with Gasteiger partial charge in [0.2, 0.25) is 5.95 Å². The summed E-state index contributed by atoms with van der Waals surface area (Å²) in [6.07, 6.45) is 6.24. The quantitative estimate of drug-likeness (QED) is 0.149. The SMILES string of the molecule is CC(C)c1cccc(C(C)C)c1-n1cnc(-c2cccc(N(c3ccccc3)c3cn(-c4ccccc4)c(N(C)c4ccccc4)n3)c2)c1. The van der Waals surface area contributed by atoms with E-state index in [1.54, 1.807) is 0 Å². The van der Waals surface area contributed by atoms with E-state index < -0.39 is 0 Å². The van der Waals surface area contributed by atoms with Crippen molar-refractivity contribution in [3.8, 4) is 22.6 Å². The minimum Gasteiger partial charge on any atom is -0.315 e. The Morgan fingerprint density at radius 3 is 1.80 bits per heavy atom. The van der Waals surface area contributed by atoms with Gasteiger partial charge in [0.15, 0.2) is 5.82 Å². The molecule has 0 N–H and O–H groups in total. The van der Waals surface area contributed by atoms with Crippen LogP contribution in [0.2, 0.25) is 0 Å². The van der Waals surface area contributed by atoms with Crippen molar-refractivity contribution in [1.82, 2.24) is 19.1 Å². The molecule has 0 unspecified atom stereocenters. The van der Waals surface area contributed by atoms with E-state index in [2.05, 4.69) is 181 Å².